The van der Waals surface area contributed by atoms with E-state index in [-0.39, 0.29) is 12.4 Å². The number of nitrogens with zero attached hydrogens (tertiary/aromatic N) is 1. The number of nitriles is 1. The molecule has 1 aromatic carbocycles. The van der Waals surface area contributed by atoms with Gasteiger partial charge in [0, 0.05) is 6.54 Å². The van der Waals surface area contributed by atoms with E-state index in [1.54, 1.807) is 18.2 Å². The van der Waals surface area contributed by atoms with E-state index >= 15 is 0 Å². The molecule has 0 saturated carbocycles. The van der Waals surface area contributed by atoms with Gasteiger partial charge in [-0.05, 0) is 12.1 Å². The van der Waals surface area contributed by atoms with E-state index in [1.807, 2.05) is 0 Å². The SMILES string of the molecule is COc1cccc(C#N)c1NCC(O)CCl. The molecule has 0 aliphatic rings. The summed E-state index contributed by atoms with van der Waals surface area (Å²) in [4.78, 5) is 0. The van der Waals surface area contributed by atoms with Crippen molar-refractivity contribution in [1.82, 2.24) is 0 Å². The minimum absolute atomic E-state index is 0.143. The number of ether oxygens (including phenoxy) is 1. The van der Waals surface area contributed by atoms with Crippen LogP contribution in [-0.4, -0.2) is 30.7 Å². The first-order valence-corrected chi connectivity index (χ1v) is 5.31. The summed E-state index contributed by atoms with van der Waals surface area (Å²) in [6.45, 7) is 0.276. The Hall–Kier alpha value is -1.44. The third kappa shape index (κ3) is 3.02. The van der Waals surface area contributed by atoms with E-state index < -0.39 is 6.10 Å². The van der Waals surface area contributed by atoms with Gasteiger partial charge in [0.05, 0.1) is 30.3 Å². The van der Waals surface area contributed by atoms with Crippen LogP contribution < -0.4 is 10.1 Å². The second-order valence-corrected chi connectivity index (χ2v) is 3.49. The fourth-order valence-corrected chi connectivity index (χ4v) is 1.36. The Labute approximate surface area is 99.4 Å². The number of nitrogens with one attached hydrogen (secondary N) is 1. The molecule has 1 atom stereocenters. The lowest BCUT2D eigenvalue weighted by molar-refractivity contribution is 0.211. The number of hydrogen-bond acceptors (Lipinski definition) is 4. The number of benzene rings is 1. The van der Waals surface area contributed by atoms with Crippen molar-refractivity contribution in [3.05, 3.63) is 23.8 Å². The van der Waals surface area contributed by atoms with E-state index in [4.69, 9.17) is 21.6 Å². The summed E-state index contributed by atoms with van der Waals surface area (Å²) in [7, 11) is 1.53. The zero-order valence-electron chi connectivity index (χ0n) is 8.90. The Morgan fingerprint density at radius 3 is 2.94 bits per heavy atom. The van der Waals surface area contributed by atoms with Crippen molar-refractivity contribution in [1.29, 1.82) is 5.26 Å². The summed E-state index contributed by atoms with van der Waals surface area (Å²) in [5.41, 5.74) is 1.05. The van der Waals surface area contributed by atoms with Crippen molar-refractivity contribution in [2.24, 2.45) is 0 Å². The number of halogens is 1. The highest BCUT2D eigenvalue weighted by molar-refractivity contribution is 6.18. The largest absolute Gasteiger partial charge is 0.495 e. The van der Waals surface area contributed by atoms with Gasteiger partial charge in [-0.3, -0.25) is 0 Å². The van der Waals surface area contributed by atoms with Gasteiger partial charge in [0.25, 0.3) is 0 Å². The number of aliphatic hydroxyl groups is 1. The Bertz CT molecular complexity index is 390. The number of methoxy groups -OCH3 is 1. The molecule has 0 aliphatic carbocycles. The summed E-state index contributed by atoms with van der Waals surface area (Å²) >= 11 is 5.48. The molecule has 0 spiro atoms. The summed E-state index contributed by atoms with van der Waals surface area (Å²) < 4.78 is 5.13. The molecule has 0 aromatic heterocycles. The minimum atomic E-state index is -0.655. The maximum Gasteiger partial charge on any atom is 0.143 e. The van der Waals surface area contributed by atoms with E-state index in [1.165, 1.54) is 7.11 Å². The molecule has 16 heavy (non-hydrogen) atoms. The van der Waals surface area contributed by atoms with Crippen LogP contribution >= 0.6 is 11.6 Å². The molecule has 5 heteroatoms. The van der Waals surface area contributed by atoms with Crippen LogP contribution in [0.5, 0.6) is 5.75 Å². The third-order valence-corrected chi connectivity index (χ3v) is 2.42. The van der Waals surface area contributed by atoms with Gasteiger partial charge in [0.15, 0.2) is 0 Å². The van der Waals surface area contributed by atoms with Crippen molar-refractivity contribution in [2.75, 3.05) is 24.9 Å². The number of hydrogen-bond donors (Lipinski definition) is 2. The molecule has 0 aliphatic heterocycles. The molecule has 0 fully saturated rings. The number of anilines is 1. The van der Waals surface area contributed by atoms with Gasteiger partial charge in [-0.25, -0.2) is 0 Å². The van der Waals surface area contributed by atoms with Crippen molar-refractivity contribution in [2.45, 2.75) is 6.10 Å². The molecule has 2 N–H and O–H groups in total. The third-order valence-electron chi connectivity index (χ3n) is 2.06. The van der Waals surface area contributed by atoms with Crippen LogP contribution in [0.15, 0.2) is 18.2 Å². The maximum atomic E-state index is 9.33. The summed E-state index contributed by atoms with van der Waals surface area (Å²) in [6, 6.07) is 7.22. The Morgan fingerprint density at radius 2 is 2.38 bits per heavy atom. The van der Waals surface area contributed by atoms with Crippen LogP contribution in [0.1, 0.15) is 5.56 Å². The molecule has 1 unspecified atom stereocenters. The molecule has 4 nitrogen and oxygen atoms in total. The Kier molecular flexibility index (Phi) is 4.90. The molecule has 86 valence electrons. The summed E-state index contributed by atoms with van der Waals surface area (Å²) in [5, 5.41) is 21.2. The maximum absolute atomic E-state index is 9.33. The molecular weight excluding hydrogens is 228 g/mol. The van der Waals surface area contributed by atoms with Crippen LogP contribution in [0.4, 0.5) is 5.69 Å². The highest BCUT2D eigenvalue weighted by Gasteiger charge is 2.10. The molecule has 1 rings (SSSR count). The van der Waals surface area contributed by atoms with Gasteiger partial charge in [0.1, 0.15) is 11.8 Å². The minimum Gasteiger partial charge on any atom is -0.495 e. The quantitative estimate of drug-likeness (QED) is 0.767. The predicted molar refractivity (Wildman–Crippen MR) is 62.9 cm³/mol. The number of aliphatic hydroxyl groups excluding tert-OH is 1. The lowest BCUT2D eigenvalue weighted by Crippen LogP contribution is -2.21. The zero-order valence-corrected chi connectivity index (χ0v) is 9.66. The van der Waals surface area contributed by atoms with Gasteiger partial charge in [-0.1, -0.05) is 6.07 Å². The topological polar surface area (TPSA) is 65.3 Å². The number of rotatable bonds is 5. The second-order valence-electron chi connectivity index (χ2n) is 3.18. The van der Waals surface area contributed by atoms with Gasteiger partial charge in [-0.15, -0.1) is 11.6 Å². The van der Waals surface area contributed by atoms with Crippen LogP contribution in [-0.2, 0) is 0 Å². The fourth-order valence-electron chi connectivity index (χ4n) is 1.25. The van der Waals surface area contributed by atoms with Crippen molar-refractivity contribution >= 4 is 17.3 Å². The highest BCUT2D eigenvalue weighted by Crippen LogP contribution is 2.27. The summed E-state index contributed by atoms with van der Waals surface area (Å²) in [6.07, 6.45) is -0.655. The molecular formula is C11H13ClN2O2. The summed E-state index contributed by atoms with van der Waals surface area (Å²) in [5.74, 6) is 0.713. The van der Waals surface area contributed by atoms with Crippen LogP contribution in [0.25, 0.3) is 0 Å². The van der Waals surface area contributed by atoms with Crippen molar-refractivity contribution < 1.29 is 9.84 Å². The van der Waals surface area contributed by atoms with Crippen LogP contribution in [0.3, 0.4) is 0 Å². The number of alkyl halides is 1. The molecule has 0 bridgehead atoms. The monoisotopic (exact) mass is 240 g/mol. The Balaban J connectivity index is 2.88. The lowest BCUT2D eigenvalue weighted by Gasteiger charge is -2.14. The standard InChI is InChI=1S/C11H13ClN2O2/c1-16-10-4-2-3-8(6-13)11(10)14-7-9(15)5-12/h2-4,9,14-15H,5,7H2,1H3. The van der Waals surface area contributed by atoms with Gasteiger partial charge < -0.3 is 15.2 Å². The first-order chi connectivity index (χ1) is 7.72. The first kappa shape index (κ1) is 12.6. The number of para-hydroxylation sites is 1. The molecule has 0 amide bonds. The Morgan fingerprint density at radius 1 is 1.62 bits per heavy atom. The normalized spacial score (nSPS) is 11.6. The molecule has 0 radical (unpaired) electrons. The first-order valence-electron chi connectivity index (χ1n) is 4.78. The van der Waals surface area contributed by atoms with Gasteiger partial charge in [0.2, 0.25) is 0 Å². The van der Waals surface area contributed by atoms with Crippen LogP contribution in [0.2, 0.25) is 0 Å². The zero-order chi connectivity index (χ0) is 12.0. The lowest BCUT2D eigenvalue weighted by atomic mass is 10.1. The average Bonchev–Trinajstić information content (AvgIpc) is 2.35. The average molecular weight is 241 g/mol. The smallest absolute Gasteiger partial charge is 0.143 e. The fraction of sp³-hybridized carbons (Fsp3) is 0.364. The van der Waals surface area contributed by atoms with Crippen molar-refractivity contribution in [3.63, 3.8) is 0 Å². The van der Waals surface area contributed by atoms with Crippen molar-refractivity contribution in [3.8, 4) is 11.8 Å². The van der Waals surface area contributed by atoms with Gasteiger partial charge in [-0.2, -0.15) is 5.26 Å². The van der Waals surface area contributed by atoms with E-state index in [0.717, 1.165) is 0 Å². The predicted octanol–water partition coefficient (Wildman–Crippen LogP) is 1.58. The van der Waals surface area contributed by atoms with E-state index in [9.17, 15) is 5.11 Å². The van der Waals surface area contributed by atoms with Crippen LogP contribution in [0, 0.1) is 11.3 Å². The molecule has 0 heterocycles. The second kappa shape index (κ2) is 6.21. The molecule has 1 aromatic rings. The highest BCUT2D eigenvalue weighted by atomic mass is 35.5. The molecule has 0 saturated heterocycles. The van der Waals surface area contributed by atoms with Gasteiger partial charge >= 0.3 is 0 Å². The van der Waals surface area contributed by atoms with E-state index in [2.05, 4.69) is 11.4 Å². The van der Waals surface area contributed by atoms with E-state index in [0.29, 0.717) is 17.0 Å².